The Hall–Kier alpha value is -0.960. The molecule has 120 valence electrons. The van der Waals surface area contributed by atoms with Gasteiger partial charge in [-0.05, 0) is 26.4 Å². The van der Waals surface area contributed by atoms with E-state index >= 15 is 0 Å². The number of aromatic nitrogens is 2. The highest BCUT2D eigenvalue weighted by atomic mass is 32.2. The lowest BCUT2D eigenvalue weighted by Crippen LogP contribution is -2.44. The van der Waals surface area contributed by atoms with Crippen molar-refractivity contribution in [3.05, 3.63) is 12.4 Å². The van der Waals surface area contributed by atoms with Crippen LogP contribution >= 0.6 is 0 Å². The molecule has 1 N–H and O–H groups in total. The van der Waals surface area contributed by atoms with Crippen LogP contribution < -0.4 is 5.32 Å². The van der Waals surface area contributed by atoms with Gasteiger partial charge < -0.3 is 10.1 Å². The molecule has 1 aliphatic heterocycles. The number of hydrogen-bond donors (Lipinski definition) is 1. The van der Waals surface area contributed by atoms with E-state index in [1.165, 1.54) is 10.5 Å². The summed E-state index contributed by atoms with van der Waals surface area (Å²) in [6.45, 7) is 7.73. The first kappa shape index (κ1) is 16.4. The van der Waals surface area contributed by atoms with Crippen molar-refractivity contribution in [2.24, 2.45) is 0 Å². The van der Waals surface area contributed by atoms with E-state index in [0.29, 0.717) is 26.2 Å². The predicted octanol–water partition coefficient (Wildman–Crippen LogP) is 0.292. The molecule has 7 nitrogen and oxygen atoms in total. The molecule has 1 unspecified atom stereocenters. The van der Waals surface area contributed by atoms with Crippen molar-refractivity contribution in [3.63, 3.8) is 0 Å². The fourth-order valence-electron chi connectivity index (χ4n) is 2.30. The summed E-state index contributed by atoms with van der Waals surface area (Å²) in [5.41, 5.74) is 0. The number of ether oxygens (including phenoxy) is 1. The van der Waals surface area contributed by atoms with Crippen LogP contribution in [0.15, 0.2) is 17.3 Å². The Bertz CT molecular complexity index is 543. The second-order valence-electron chi connectivity index (χ2n) is 5.19. The summed E-state index contributed by atoms with van der Waals surface area (Å²) < 4.78 is 33.6. The van der Waals surface area contributed by atoms with Gasteiger partial charge >= 0.3 is 0 Å². The molecule has 1 aliphatic rings. The highest BCUT2D eigenvalue weighted by Gasteiger charge is 2.30. The molecular weight excluding hydrogens is 292 g/mol. The van der Waals surface area contributed by atoms with Gasteiger partial charge in [0.25, 0.3) is 0 Å². The number of rotatable bonds is 7. The molecular formula is C13H24N4O3S. The number of hydrogen-bond acceptors (Lipinski definition) is 5. The average molecular weight is 316 g/mol. The van der Waals surface area contributed by atoms with E-state index in [4.69, 9.17) is 4.74 Å². The molecule has 0 amide bonds. The summed E-state index contributed by atoms with van der Waals surface area (Å²) in [7, 11) is -3.46. The van der Waals surface area contributed by atoms with Crippen molar-refractivity contribution in [1.29, 1.82) is 0 Å². The average Bonchev–Trinajstić information content (AvgIpc) is 2.93. The van der Waals surface area contributed by atoms with Crippen molar-refractivity contribution in [2.75, 3.05) is 32.8 Å². The topological polar surface area (TPSA) is 76.5 Å². The van der Waals surface area contributed by atoms with Crippen molar-refractivity contribution >= 4 is 10.0 Å². The Morgan fingerprint density at radius 2 is 2.33 bits per heavy atom. The van der Waals surface area contributed by atoms with Gasteiger partial charge in [0.2, 0.25) is 10.0 Å². The standard InChI is InChI=1S/C13H24N4O3S/c1-3-14-5-4-6-16-11-13(9-15-16)21(18,19)17-7-8-20-12(2)10-17/h9,11-12,14H,3-8,10H2,1-2H3. The van der Waals surface area contributed by atoms with Gasteiger partial charge in [-0.2, -0.15) is 9.40 Å². The molecule has 0 bridgehead atoms. The lowest BCUT2D eigenvalue weighted by atomic mass is 10.3. The zero-order valence-corrected chi connectivity index (χ0v) is 13.5. The molecule has 1 saturated heterocycles. The minimum atomic E-state index is -3.46. The first-order valence-corrected chi connectivity index (χ1v) is 8.83. The largest absolute Gasteiger partial charge is 0.376 e. The van der Waals surface area contributed by atoms with Crippen molar-refractivity contribution < 1.29 is 13.2 Å². The quantitative estimate of drug-likeness (QED) is 0.732. The summed E-state index contributed by atoms with van der Waals surface area (Å²) in [6, 6.07) is 0. The summed E-state index contributed by atoms with van der Waals surface area (Å²) in [5, 5.41) is 7.38. The summed E-state index contributed by atoms with van der Waals surface area (Å²) in [5.74, 6) is 0. The fourth-order valence-corrected chi connectivity index (χ4v) is 3.75. The first-order valence-electron chi connectivity index (χ1n) is 7.39. The Labute approximate surface area is 126 Å². The van der Waals surface area contributed by atoms with Gasteiger partial charge in [-0.3, -0.25) is 4.68 Å². The molecule has 0 aliphatic carbocycles. The molecule has 0 aromatic carbocycles. The Morgan fingerprint density at radius 3 is 3.05 bits per heavy atom. The Morgan fingerprint density at radius 1 is 1.52 bits per heavy atom. The zero-order chi connectivity index (χ0) is 15.3. The lowest BCUT2D eigenvalue weighted by Gasteiger charge is -2.29. The van der Waals surface area contributed by atoms with Crippen molar-refractivity contribution in [1.82, 2.24) is 19.4 Å². The van der Waals surface area contributed by atoms with Crippen molar-refractivity contribution in [3.8, 4) is 0 Å². The van der Waals surface area contributed by atoms with Gasteiger partial charge in [0.05, 0.1) is 18.9 Å². The first-order chi connectivity index (χ1) is 10.0. The van der Waals surface area contributed by atoms with Gasteiger partial charge in [0.1, 0.15) is 4.90 Å². The summed E-state index contributed by atoms with van der Waals surface area (Å²) >= 11 is 0. The maximum absolute atomic E-state index is 12.5. The van der Waals surface area contributed by atoms with E-state index in [9.17, 15) is 8.42 Å². The predicted molar refractivity (Wildman–Crippen MR) is 79.6 cm³/mol. The smallest absolute Gasteiger partial charge is 0.246 e. The highest BCUT2D eigenvalue weighted by Crippen LogP contribution is 2.18. The second-order valence-corrected chi connectivity index (χ2v) is 7.13. The number of morpholine rings is 1. The van der Waals surface area contributed by atoms with Crippen LogP contribution in [0.25, 0.3) is 0 Å². The van der Waals surface area contributed by atoms with Crippen LogP contribution in [0.2, 0.25) is 0 Å². The van der Waals surface area contributed by atoms with E-state index in [0.717, 1.165) is 19.5 Å². The molecule has 0 radical (unpaired) electrons. The van der Waals surface area contributed by atoms with Crippen LogP contribution in [-0.4, -0.2) is 61.4 Å². The molecule has 2 rings (SSSR count). The molecule has 2 heterocycles. The molecule has 1 fully saturated rings. The highest BCUT2D eigenvalue weighted by molar-refractivity contribution is 7.89. The SMILES string of the molecule is CCNCCCn1cc(S(=O)(=O)N2CCOC(C)C2)cn1. The Kier molecular flexibility index (Phi) is 5.74. The number of nitrogens with one attached hydrogen (secondary N) is 1. The maximum atomic E-state index is 12.5. The number of aryl methyl sites for hydroxylation is 1. The minimum absolute atomic E-state index is 0.0660. The molecule has 1 atom stereocenters. The zero-order valence-electron chi connectivity index (χ0n) is 12.7. The van der Waals surface area contributed by atoms with Gasteiger partial charge in [-0.15, -0.1) is 0 Å². The van der Waals surface area contributed by atoms with Gasteiger partial charge in [0, 0.05) is 25.8 Å². The number of sulfonamides is 1. The van der Waals surface area contributed by atoms with E-state index < -0.39 is 10.0 Å². The maximum Gasteiger partial charge on any atom is 0.246 e. The molecule has 1 aromatic heterocycles. The third-order valence-electron chi connectivity index (χ3n) is 3.44. The summed E-state index contributed by atoms with van der Waals surface area (Å²) in [6.07, 6.45) is 3.90. The number of nitrogens with zero attached hydrogens (tertiary/aromatic N) is 3. The molecule has 0 saturated carbocycles. The normalized spacial score (nSPS) is 20.8. The van der Waals surface area contributed by atoms with Crippen LogP contribution in [0.4, 0.5) is 0 Å². The molecule has 1 aromatic rings. The van der Waals surface area contributed by atoms with E-state index in [1.807, 2.05) is 6.92 Å². The van der Waals surface area contributed by atoms with Gasteiger partial charge in [-0.1, -0.05) is 6.92 Å². The van der Waals surface area contributed by atoms with E-state index in [2.05, 4.69) is 17.3 Å². The second kappa shape index (κ2) is 7.35. The van der Waals surface area contributed by atoms with Crippen LogP contribution in [0.1, 0.15) is 20.3 Å². The fraction of sp³-hybridized carbons (Fsp3) is 0.769. The molecule has 21 heavy (non-hydrogen) atoms. The third kappa shape index (κ3) is 4.26. The van der Waals surface area contributed by atoms with Crippen LogP contribution in [0.5, 0.6) is 0 Å². The molecule has 8 heteroatoms. The van der Waals surface area contributed by atoms with Crippen molar-refractivity contribution in [2.45, 2.75) is 37.8 Å². The van der Waals surface area contributed by atoms with Crippen LogP contribution in [0.3, 0.4) is 0 Å². The van der Waals surface area contributed by atoms with Gasteiger partial charge in [-0.25, -0.2) is 8.42 Å². The molecule has 0 spiro atoms. The van der Waals surface area contributed by atoms with Crippen LogP contribution in [-0.2, 0) is 21.3 Å². The lowest BCUT2D eigenvalue weighted by molar-refractivity contribution is 0.0102. The monoisotopic (exact) mass is 316 g/mol. The van der Waals surface area contributed by atoms with E-state index in [-0.39, 0.29) is 11.0 Å². The Balaban J connectivity index is 1.98. The third-order valence-corrected chi connectivity index (χ3v) is 5.26. The summed E-state index contributed by atoms with van der Waals surface area (Å²) in [4.78, 5) is 0.264. The van der Waals surface area contributed by atoms with E-state index in [1.54, 1.807) is 10.9 Å². The van der Waals surface area contributed by atoms with Crippen LogP contribution in [0, 0.1) is 0 Å². The van der Waals surface area contributed by atoms with Gasteiger partial charge in [0.15, 0.2) is 0 Å². The minimum Gasteiger partial charge on any atom is -0.376 e.